The number of carbonyl (C=O) groups excluding carboxylic acids is 1. The van der Waals surface area contributed by atoms with E-state index in [0.29, 0.717) is 11.5 Å². The van der Waals surface area contributed by atoms with Crippen LogP contribution in [0.1, 0.15) is 33.0 Å². The van der Waals surface area contributed by atoms with Crippen LogP contribution in [0, 0.1) is 0 Å². The molecule has 0 aliphatic heterocycles. The van der Waals surface area contributed by atoms with Crippen LogP contribution in [-0.2, 0) is 5.41 Å². The van der Waals surface area contributed by atoms with Crippen molar-refractivity contribution in [1.82, 2.24) is 14.9 Å². The highest BCUT2D eigenvalue weighted by Gasteiger charge is 2.41. The van der Waals surface area contributed by atoms with Gasteiger partial charge in [-0.05, 0) is 16.7 Å². The normalized spacial score (nSPS) is 11.5. The molecule has 0 aliphatic rings. The van der Waals surface area contributed by atoms with E-state index in [2.05, 4.69) is 41.4 Å². The standard InChI is InChI=1S/C27H25N3O/c1-30(2)19-18-25(31)24-20-28-26(29-24)27(21-12-6-3-7-13-21,22-14-8-4-9-15-22)23-16-10-5-11-17-23/h3-20H,1-2H3,(H,28,29). The Morgan fingerprint density at radius 2 is 1.26 bits per heavy atom. The first kappa shape index (κ1) is 20.4. The molecule has 3 aromatic carbocycles. The largest absolute Gasteiger partial charge is 0.383 e. The molecule has 0 aliphatic carbocycles. The van der Waals surface area contributed by atoms with Gasteiger partial charge in [-0.25, -0.2) is 4.98 Å². The second-order valence-corrected chi connectivity index (χ2v) is 7.64. The first-order chi connectivity index (χ1) is 15.1. The molecule has 0 fully saturated rings. The van der Waals surface area contributed by atoms with Crippen molar-refractivity contribution < 1.29 is 4.79 Å². The summed E-state index contributed by atoms with van der Waals surface area (Å²) in [5, 5.41) is 0. The molecule has 0 unspecified atom stereocenters. The molecule has 1 aromatic heterocycles. The summed E-state index contributed by atoms with van der Waals surface area (Å²) in [6.45, 7) is 0. The number of benzene rings is 3. The van der Waals surface area contributed by atoms with Gasteiger partial charge in [0.15, 0.2) is 0 Å². The molecule has 0 atom stereocenters. The molecule has 31 heavy (non-hydrogen) atoms. The van der Waals surface area contributed by atoms with Crippen molar-refractivity contribution in [1.29, 1.82) is 0 Å². The van der Waals surface area contributed by atoms with E-state index in [1.165, 1.54) is 0 Å². The summed E-state index contributed by atoms with van der Waals surface area (Å²) in [6, 6.07) is 30.9. The third-order valence-electron chi connectivity index (χ3n) is 5.34. The number of nitrogens with zero attached hydrogens (tertiary/aromatic N) is 2. The molecule has 154 valence electrons. The highest BCUT2D eigenvalue weighted by molar-refractivity contribution is 6.02. The van der Waals surface area contributed by atoms with E-state index in [9.17, 15) is 4.79 Å². The molecule has 0 spiro atoms. The molecule has 0 saturated carbocycles. The molecule has 0 amide bonds. The summed E-state index contributed by atoms with van der Waals surface area (Å²) in [5.74, 6) is 0.591. The average Bonchev–Trinajstić information content (AvgIpc) is 3.31. The van der Waals surface area contributed by atoms with E-state index in [4.69, 9.17) is 4.98 Å². The van der Waals surface area contributed by atoms with E-state index < -0.39 is 5.41 Å². The van der Waals surface area contributed by atoms with Gasteiger partial charge in [0, 0.05) is 26.4 Å². The SMILES string of the molecule is CN(C)C=CC(=O)c1cnc(C(c2ccccc2)(c2ccccc2)c2ccccc2)[nH]1. The summed E-state index contributed by atoms with van der Waals surface area (Å²) in [4.78, 5) is 22.6. The molecule has 0 bridgehead atoms. The average molecular weight is 408 g/mol. The van der Waals surface area contributed by atoms with Gasteiger partial charge in [0.25, 0.3) is 0 Å². The molecule has 4 rings (SSSR count). The molecule has 0 saturated heterocycles. The van der Waals surface area contributed by atoms with Crippen LogP contribution in [0.5, 0.6) is 0 Å². The predicted octanol–water partition coefficient (Wildman–Crippen LogP) is 5.05. The smallest absolute Gasteiger partial charge is 0.205 e. The van der Waals surface area contributed by atoms with Gasteiger partial charge in [-0.1, -0.05) is 91.0 Å². The molecule has 4 heteroatoms. The number of imidazole rings is 1. The van der Waals surface area contributed by atoms with Gasteiger partial charge in [0.2, 0.25) is 5.78 Å². The Labute approximate surface area is 182 Å². The number of aromatic nitrogens is 2. The molecule has 4 nitrogen and oxygen atoms in total. The zero-order chi connectivity index (χ0) is 21.7. The number of nitrogens with one attached hydrogen (secondary N) is 1. The van der Waals surface area contributed by atoms with E-state index in [1.807, 2.05) is 73.6 Å². The maximum atomic E-state index is 12.7. The van der Waals surface area contributed by atoms with Crippen LogP contribution < -0.4 is 0 Å². The number of rotatable bonds is 7. The zero-order valence-corrected chi connectivity index (χ0v) is 17.7. The quantitative estimate of drug-likeness (QED) is 0.265. The van der Waals surface area contributed by atoms with Crippen LogP contribution in [0.15, 0.2) is 109 Å². The number of H-pyrrole nitrogens is 1. The fraction of sp³-hybridized carbons (Fsp3) is 0.111. The van der Waals surface area contributed by atoms with Crippen molar-refractivity contribution in [2.45, 2.75) is 5.41 Å². The van der Waals surface area contributed by atoms with Gasteiger partial charge in [-0.3, -0.25) is 4.79 Å². The molecule has 1 N–H and O–H groups in total. The third kappa shape index (κ3) is 3.92. The van der Waals surface area contributed by atoms with Crippen molar-refractivity contribution in [3.8, 4) is 0 Å². The first-order valence-corrected chi connectivity index (χ1v) is 10.2. The fourth-order valence-electron chi connectivity index (χ4n) is 3.92. The lowest BCUT2D eigenvalue weighted by atomic mass is 9.69. The summed E-state index contributed by atoms with van der Waals surface area (Å²) in [6.07, 6.45) is 4.91. The molecular weight excluding hydrogens is 382 g/mol. The van der Waals surface area contributed by atoms with Crippen molar-refractivity contribution >= 4 is 5.78 Å². The molecular formula is C27H25N3O. The van der Waals surface area contributed by atoms with Crippen LogP contribution in [-0.4, -0.2) is 34.7 Å². The number of hydrogen-bond acceptors (Lipinski definition) is 3. The number of carbonyl (C=O) groups is 1. The van der Waals surface area contributed by atoms with Crippen LogP contribution in [0.2, 0.25) is 0 Å². The Kier molecular flexibility index (Phi) is 5.80. The van der Waals surface area contributed by atoms with Crippen molar-refractivity contribution in [2.75, 3.05) is 14.1 Å². The Balaban J connectivity index is 1.97. The Morgan fingerprint density at radius 1 is 0.806 bits per heavy atom. The van der Waals surface area contributed by atoms with Crippen LogP contribution in [0.4, 0.5) is 0 Å². The Morgan fingerprint density at radius 3 is 1.68 bits per heavy atom. The lowest BCUT2D eigenvalue weighted by Crippen LogP contribution is -2.32. The van der Waals surface area contributed by atoms with Crippen LogP contribution in [0.25, 0.3) is 0 Å². The Hall–Kier alpha value is -3.92. The van der Waals surface area contributed by atoms with Crippen LogP contribution in [0.3, 0.4) is 0 Å². The summed E-state index contributed by atoms with van der Waals surface area (Å²) in [7, 11) is 3.76. The highest BCUT2D eigenvalue weighted by atomic mass is 16.1. The van der Waals surface area contributed by atoms with Gasteiger partial charge in [-0.15, -0.1) is 0 Å². The van der Waals surface area contributed by atoms with Gasteiger partial charge < -0.3 is 9.88 Å². The topological polar surface area (TPSA) is 49.0 Å². The van der Waals surface area contributed by atoms with Crippen LogP contribution >= 0.6 is 0 Å². The van der Waals surface area contributed by atoms with E-state index >= 15 is 0 Å². The summed E-state index contributed by atoms with van der Waals surface area (Å²) >= 11 is 0. The number of hydrogen-bond donors (Lipinski definition) is 1. The lowest BCUT2D eigenvalue weighted by Gasteiger charge is -2.34. The first-order valence-electron chi connectivity index (χ1n) is 10.2. The summed E-state index contributed by atoms with van der Waals surface area (Å²) < 4.78 is 0. The van der Waals surface area contributed by atoms with E-state index in [1.54, 1.807) is 18.5 Å². The second-order valence-electron chi connectivity index (χ2n) is 7.64. The lowest BCUT2D eigenvalue weighted by molar-refractivity contribution is 0.104. The van der Waals surface area contributed by atoms with Crippen molar-refractivity contribution in [3.63, 3.8) is 0 Å². The van der Waals surface area contributed by atoms with E-state index in [0.717, 1.165) is 16.7 Å². The van der Waals surface area contributed by atoms with Gasteiger partial charge in [-0.2, -0.15) is 0 Å². The minimum atomic E-state index is -0.687. The van der Waals surface area contributed by atoms with Gasteiger partial charge in [0.1, 0.15) is 16.9 Å². The van der Waals surface area contributed by atoms with Gasteiger partial charge in [0.05, 0.1) is 6.20 Å². The zero-order valence-electron chi connectivity index (χ0n) is 17.7. The third-order valence-corrected chi connectivity index (χ3v) is 5.34. The maximum Gasteiger partial charge on any atom is 0.205 e. The molecule has 0 radical (unpaired) electrons. The highest BCUT2D eigenvalue weighted by Crippen LogP contribution is 2.43. The van der Waals surface area contributed by atoms with Gasteiger partial charge >= 0.3 is 0 Å². The van der Waals surface area contributed by atoms with Crippen molar-refractivity contribution in [3.05, 3.63) is 138 Å². The maximum absolute atomic E-state index is 12.7. The number of aromatic amines is 1. The second kappa shape index (κ2) is 8.84. The van der Waals surface area contributed by atoms with E-state index in [-0.39, 0.29) is 5.78 Å². The number of ketones is 1. The minimum Gasteiger partial charge on any atom is -0.383 e. The molecule has 4 aromatic rings. The predicted molar refractivity (Wildman–Crippen MR) is 124 cm³/mol. The van der Waals surface area contributed by atoms with Crippen molar-refractivity contribution in [2.24, 2.45) is 0 Å². The minimum absolute atomic E-state index is 0.115. The monoisotopic (exact) mass is 407 g/mol. The number of allylic oxidation sites excluding steroid dienone is 1. The summed E-state index contributed by atoms with van der Waals surface area (Å²) in [5.41, 5.74) is 2.99. The fourth-order valence-corrected chi connectivity index (χ4v) is 3.92. The Bertz CT molecular complexity index is 1070. The molecule has 1 heterocycles.